The number of carbonyl (C=O) groups is 2. The molecule has 0 saturated heterocycles. The number of fused-ring (bicyclic) bond motifs is 3. The second kappa shape index (κ2) is 8.93. The van der Waals surface area contributed by atoms with Crippen molar-refractivity contribution in [1.29, 1.82) is 0 Å². The quantitative estimate of drug-likeness (QED) is 0.552. The Morgan fingerprint density at radius 3 is 2.55 bits per heavy atom. The molecule has 2 amide bonds. The van der Waals surface area contributed by atoms with Crippen LogP contribution in [0, 0.1) is 5.82 Å². The van der Waals surface area contributed by atoms with Crippen molar-refractivity contribution in [2.75, 3.05) is 0 Å². The van der Waals surface area contributed by atoms with Gasteiger partial charge >= 0.3 is 0 Å². The summed E-state index contributed by atoms with van der Waals surface area (Å²) in [5.74, 6) is -0.585. The molecule has 1 N–H and O–H groups in total. The number of rotatable bonds is 4. The molecule has 3 aromatic rings. The van der Waals surface area contributed by atoms with E-state index in [4.69, 9.17) is 0 Å². The molecule has 2 aliphatic rings. The van der Waals surface area contributed by atoms with Crippen LogP contribution in [0.25, 0.3) is 10.2 Å². The molecular formula is C26H30FN3O2S. The molecule has 0 radical (unpaired) electrons. The first-order valence-corrected chi connectivity index (χ1v) is 12.8. The second-order valence-electron chi connectivity index (χ2n) is 9.59. The predicted molar refractivity (Wildman–Crippen MR) is 129 cm³/mol. The Bertz CT molecular complexity index is 1160. The number of hydrogen-bond acceptors (Lipinski definition) is 3. The van der Waals surface area contributed by atoms with Gasteiger partial charge in [0.1, 0.15) is 17.1 Å². The predicted octanol–water partition coefficient (Wildman–Crippen LogP) is 5.49. The largest absolute Gasteiger partial charge is 0.351 e. The molecule has 5 nitrogen and oxygen atoms in total. The minimum Gasteiger partial charge on any atom is -0.351 e. The van der Waals surface area contributed by atoms with Gasteiger partial charge < -0.3 is 14.8 Å². The van der Waals surface area contributed by atoms with Gasteiger partial charge in [0.25, 0.3) is 5.91 Å². The molecule has 1 saturated carbocycles. The number of benzene rings is 1. The van der Waals surface area contributed by atoms with Gasteiger partial charge in [0, 0.05) is 12.6 Å². The molecule has 1 aliphatic carbocycles. The van der Waals surface area contributed by atoms with Gasteiger partial charge in [-0.2, -0.15) is 0 Å². The van der Waals surface area contributed by atoms with Crippen LogP contribution in [0.15, 0.2) is 41.8 Å². The Labute approximate surface area is 197 Å². The van der Waals surface area contributed by atoms with Crippen molar-refractivity contribution < 1.29 is 14.0 Å². The van der Waals surface area contributed by atoms with E-state index >= 15 is 0 Å². The van der Waals surface area contributed by atoms with Crippen LogP contribution in [-0.2, 0) is 17.9 Å². The molecular weight excluding hydrogens is 437 g/mol. The Balaban J connectivity index is 1.49. The molecule has 1 aliphatic heterocycles. The summed E-state index contributed by atoms with van der Waals surface area (Å²) in [7, 11) is 0. The zero-order chi connectivity index (χ0) is 23.0. The van der Waals surface area contributed by atoms with Crippen LogP contribution in [0.1, 0.15) is 67.9 Å². The fraction of sp³-hybridized carbons (Fsp3) is 0.462. The normalized spacial score (nSPS) is 22.1. The SMILES string of the molecule is CC1(C(=O)NC2CCCCCCC2)Cn2c(cc3sccc32)C(=O)N1Cc1ccc(F)cc1. The molecule has 0 spiro atoms. The van der Waals surface area contributed by atoms with Crippen LogP contribution in [0.2, 0.25) is 0 Å². The highest BCUT2D eigenvalue weighted by atomic mass is 32.1. The van der Waals surface area contributed by atoms with Crippen LogP contribution in [0.4, 0.5) is 4.39 Å². The summed E-state index contributed by atoms with van der Waals surface area (Å²) in [6, 6.07) is 10.2. The lowest BCUT2D eigenvalue weighted by molar-refractivity contribution is -0.134. The van der Waals surface area contributed by atoms with Crippen molar-refractivity contribution in [3.05, 3.63) is 58.9 Å². The fourth-order valence-corrected chi connectivity index (χ4v) is 6.06. The topological polar surface area (TPSA) is 54.3 Å². The Morgan fingerprint density at radius 2 is 1.82 bits per heavy atom. The number of aromatic nitrogens is 1. The van der Waals surface area contributed by atoms with E-state index in [1.807, 2.05) is 29.0 Å². The Kier molecular flexibility index (Phi) is 5.99. The van der Waals surface area contributed by atoms with Crippen LogP contribution in [-0.4, -0.2) is 32.9 Å². The monoisotopic (exact) mass is 467 g/mol. The van der Waals surface area contributed by atoms with Gasteiger partial charge in [-0.1, -0.05) is 44.2 Å². The maximum Gasteiger partial charge on any atom is 0.271 e. The summed E-state index contributed by atoms with van der Waals surface area (Å²) in [5, 5.41) is 5.32. The van der Waals surface area contributed by atoms with Gasteiger partial charge in [0.05, 0.1) is 16.8 Å². The van der Waals surface area contributed by atoms with E-state index in [-0.39, 0.29) is 30.2 Å². The molecule has 33 heavy (non-hydrogen) atoms. The number of carbonyl (C=O) groups excluding carboxylic acids is 2. The van der Waals surface area contributed by atoms with Gasteiger partial charge in [-0.25, -0.2) is 4.39 Å². The summed E-state index contributed by atoms with van der Waals surface area (Å²) < 4.78 is 16.5. The van der Waals surface area contributed by atoms with Crippen LogP contribution in [0.5, 0.6) is 0 Å². The van der Waals surface area contributed by atoms with E-state index in [9.17, 15) is 14.0 Å². The number of hydrogen-bond donors (Lipinski definition) is 1. The first kappa shape index (κ1) is 22.1. The highest BCUT2D eigenvalue weighted by Crippen LogP contribution is 2.35. The lowest BCUT2D eigenvalue weighted by atomic mass is 9.91. The Morgan fingerprint density at radius 1 is 1.12 bits per heavy atom. The number of nitrogens with zero attached hydrogens (tertiary/aromatic N) is 2. The summed E-state index contributed by atoms with van der Waals surface area (Å²) in [6.07, 6.45) is 7.90. The minimum atomic E-state index is -1.05. The molecule has 0 bridgehead atoms. The highest BCUT2D eigenvalue weighted by molar-refractivity contribution is 7.17. The first-order chi connectivity index (χ1) is 16.0. The van der Waals surface area contributed by atoms with E-state index in [2.05, 4.69) is 5.32 Å². The van der Waals surface area contributed by atoms with Crippen LogP contribution in [0.3, 0.4) is 0 Å². The van der Waals surface area contributed by atoms with Crippen LogP contribution >= 0.6 is 11.3 Å². The van der Waals surface area contributed by atoms with Crippen molar-refractivity contribution in [2.24, 2.45) is 0 Å². The highest BCUT2D eigenvalue weighted by Gasteiger charge is 2.48. The molecule has 2 aromatic heterocycles. The summed E-state index contributed by atoms with van der Waals surface area (Å²) in [4.78, 5) is 29.2. The standard InChI is InChI=1S/C26H30FN3O2S/c1-26(25(32)28-20-7-5-3-2-4-6-8-20)17-29-21-13-14-33-23(21)15-22(29)24(31)30(26)16-18-9-11-19(27)12-10-18/h9-15,20H,2-8,16-17H2,1H3,(H,28,32). The molecule has 5 rings (SSSR count). The minimum absolute atomic E-state index is 0.105. The molecule has 1 unspecified atom stereocenters. The maximum absolute atomic E-state index is 13.8. The fourth-order valence-electron chi connectivity index (χ4n) is 5.23. The molecule has 174 valence electrons. The molecule has 3 heterocycles. The van der Waals surface area contributed by atoms with E-state index in [0.717, 1.165) is 41.5 Å². The zero-order valence-corrected chi connectivity index (χ0v) is 19.8. The molecule has 1 atom stereocenters. The number of thiophene rings is 1. The van der Waals surface area contributed by atoms with Crippen LogP contribution < -0.4 is 5.32 Å². The van der Waals surface area contributed by atoms with Gasteiger partial charge in [-0.15, -0.1) is 11.3 Å². The zero-order valence-electron chi connectivity index (χ0n) is 19.0. The van der Waals surface area contributed by atoms with E-state index in [0.29, 0.717) is 12.2 Å². The average molecular weight is 468 g/mol. The van der Waals surface area contributed by atoms with Crippen molar-refractivity contribution in [3.63, 3.8) is 0 Å². The van der Waals surface area contributed by atoms with E-state index in [1.165, 1.54) is 31.4 Å². The summed E-state index contributed by atoms with van der Waals surface area (Å²) in [5.41, 5.74) is 1.36. The number of nitrogens with one attached hydrogen (secondary N) is 1. The van der Waals surface area contributed by atoms with E-state index in [1.54, 1.807) is 28.4 Å². The first-order valence-electron chi connectivity index (χ1n) is 11.9. The lowest BCUT2D eigenvalue weighted by Gasteiger charge is -2.44. The Hall–Kier alpha value is -2.67. The summed E-state index contributed by atoms with van der Waals surface area (Å²) >= 11 is 1.60. The van der Waals surface area contributed by atoms with Gasteiger partial charge in [0.15, 0.2) is 0 Å². The molecule has 1 aromatic carbocycles. The van der Waals surface area contributed by atoms with Gasteiger partial charge in [-0.05, 0) is 55.0 Å². The third-order valence-corrected chi connectivity index (χ3v) is 8.09. The molecule has 7 heteroatoms. The third-order valence-electron chi connectivity index (χ3n) is 7.23. The number of amides is 2. The van der Waals surface area contributed by atoms with Crippen molar-refractivity contribution in [1.82, 2.24) is 14.8 Å². The maximum atomic E-state index is 13.8. The lowest BCUT2D eigenvalue weighted by Crippen LogP contribution is -2.64. The number of halogens is 1. The van der Waals surface area contributed by atoms with Gasteiger partial charge in [-0.3, -0.25) is 9.59 Å². The molecule has 1 fully saturated rings. The smallest absolute Gasteiger partial charge is 0.271 e. The second-order valence-corrected chi connectivity index (χ2v) is 10.5. The van der Waals surface area contributed by atoms with Crippen molar-refractivity contribution in [2.45, 2.75) is 76.5 Å². The summed E-state index contributed by atoms with van der Waals surface area (Å²) in [6.45, 7) is 2.52. The average Bonchev–Trinajstić information content (AvgIpc) is 3.36. The third kappa shape index (κ3) is 4.19. The van der Waals surface area contributed by atoms with E-state index < -0.39 is 5.54 Å². The van der Waals surface area contributed by atoms with Gasteiger partial charge in [0.2, 0.25) is 5.91 Å². The van der Waals surface area contributed by atoms with Crippen molar-refractivity contribution >= 4 is 33.4 Å². The van der Waals surface area contributed by atoms with Crippen molar-refractivity contribution in [3.8, 4) is 0 Å².